The van der Waals surface area contributed by atoms with Crippen molar-refractivity contribution in [3.05, 3.63) is 48.6 Å². The second-order valence-electron chi connectivity index (χ2n) is 13.0. The van der Waals surface area contributed by atoms with Crippen LogP contribution in [0.2, 0.25) is 0 Å². The fraction of sp³-hybridized carbons (Fsp3) is 0.769. The van der Waals surface area contributed by atoms with Crippen LogP contribution in [-0.2, 0) is 14.3 Å². The number of ether oxygens (including phenoxy) is 2. The second kappa shape index (κ2) is 30.0. The smallest absolute Gasteiger partial charge is 0.220 e. The zero-order chi connectivity index (χ0) is 35.2. The van der Waals surface area contributed by atoms with Gasteiger partial charge in [0.25, 0.3) is 0 Å². The second-order valence-corrected chi connectivity index (χ2v) is 13.0. The van der Waals surface area contributed by atoms with E-state index in [1.54, 1.807) is 6.08 Å². The Morgan fingerprint density at radius 2 is 1.25 bits per heavy atom. The molecule has 278 valence electrons. The number of hydrogen-bond acceptors (Lipinski definition) is 8. The van der Waals surface area contributed by atoms with Crippen molar-refractivity contribution in [3.63, 3.8) is 0 Å². The Morgan fingerprint density at radius 3 is 1.92 bits per heavy atom. The Hall–Kier alpha value is -1.85. The van der Waals surface area contributed by atoms with Gasteiger partial charge in [-0.2, -0.15) is 0 Å². The molecule has 1 saturated heterocycles. The van der Waals surface area contributed by atoms with Gasteiger partial charge < -0.3 is 40.3 Å². The summed E-state index contributed by atoms with van der Waals surface area (Å²) in [5, 5.41) is 53.7. The monoisotopic (exact) mass is 680 g/mol. The summed E-state index contributed by atoms with van der Waals surface area (Å²) >= 11 is 0. The van der Waals surface area contributed by atoms with Gasteiger partial charge >= 0.3 is 0 Å². The van der Waals surface area contributed by atoms with Gasteiger partial charge in [0.05, 0.1) is 25.4 Å². The lowest BCUT2D eigenvalue weighted by molar-refractivity contribution is -0.302. The highest BCUT2D eigenvalue weighted by atomic mass is 16.7. The molecule has 1 fully saturated rings. The Labute approximate surface area is 291 Å². The standard InChI is InChI=1S/C39H69NO8/c1-3-5-7-9-11-13-15-16-17-18-19-21-23-25-27-29-35(43)40-32(31-47-39-38(46)37(45)36(44)34(30-41)48-39)33(42)28-26-24-22-20-14-12-10-8-6-4-2/h11,13-14,16-17,20,26,28,32-34,36-39,41-42,44-46H,3-10,12,15,18-19,21-25,27,29-31H2,1-2H3,(H,40,43)/b13-11-,17-16-,20-14+,28-26+. The minimum Gasteiger partial charge on any atom is -0.394 e. The Balaban J connectivity index is 2.49. The van der Waals surface area contributed by atoms with E-state index < -0.39 is 49.5 Å². The van der Waals surface area contributed by atoms with Crippen LogP contribution < -0.4 is 5.32 Å². The van der Waals surface area contributed by atoms with E-state index in [2.05, 4.69) is 55.6 Å². The molecular weight excluding hydrogens is 610 g/mol. The summed E-state index contributed by atoms with van der Waals surface area (Å²) < 4.78 is 11.1. The molecule has 1 aliphatic rings. The van der Waals surface area contributed by atoms with Gasteiger partial charge in [-0.05, 0) is 64.2 Å². The first kappa shape index (κ1) is 44.2. The maximum absolute atomic E-state index is 12.8. The quantitative estimate of drug-likeness (QED) is 0.0397. The van der Waals surface area contributed by atoms with Crippen molar-refractivity contribution in [1.82, 2.24) is 5.32 Å². The molecule has 9 nitrogen and oxygen atoms in total. The van der Waals surface area contributed by atoms with Crippen LogP contribution in [0.1, 0.15) is 136 Å². The third kappa shape index (κ3) is 21.3. The molecule has 1 aliphatic heterocycles. The van der Waals surface area contributed by atoms with E-state index in [9.17, 15) is 30.3 Å². The zero-order valence-corrected chi connectivity index (χ0v) is 30.0. The minimum absolute atomic E-state index is 0.207. The first-order valence-corrected chi connectivity index (χ1v) is 18.9. The van der Waals surface area contributed by atoms with Crippen LogP contribution in [0.15, 0.2) is 48.6 Å². The van der Waals surface area contributed by atoms with Gasteiger partial charge in [0.1, 0.15) is 24.4 Å². The number of aliphatic hydroxyl groups excluding tert-OH is 5. The van der Waals surface area contributed by atoms with E-state index in [1.165, 1.54) is 51.4 Å². The highest BCUT2D eigenvalue weighted by Gasteiger charge is 2.44. The molecule has 1 heterocycles. The van der Waals surface area contributed by atoms with Gasteiger partial charge in [-0.3, -0.25) is 4.79 Å². The predicted octanol–water partition coefficient (Wildman–Crippen LogP) is 6.33. The molecule has 1 amide bonds. The topological polar surface area (TPSA) is 149 Å². The number of allylic oxidation sites excluding steroid dienone is 7. The number of nitrogens with one attached hydrogen (secondary N) is 1. The molecule has 0 spiro atoms. The lowest BCUT2D eigenvalue weighted by Crippen LogP contribution is -2.60. The first-order chi connectivity index (χ1) is 23.3. The number of aliphatic hydroxyl groups is 5. The molecule has 48 heavy (non-hydrogen) atoms. The van der Waals surface area contributed by atoms with Crippen molar-refractivity contribution in [3.8, 4) is 0 Å². The van der Waals surface area contributed by atoms with Crippen LogP contribution >= 0.6 is 0 Å². The molecule has 0 aromatic rings. The van der Waals surface area contributed by atoms with Gasteiger partial charge in [-0.1, -0.05) is 114 Å². The maximum atomic E-state index is 12.8. The number of unbranched alkanes of at least 4 members (excludes halogenated alkanes) is 13. The molecule has 0 aromatic heterocycles. The van der Waals surface area contributed by atoms with Crippen molar-refractivity contribution < 1.29 is 39.8 Å². The Morgan fingerprint density at radius 1 is 0.708 bits per heavy atom. The summed E-state index contributed by atoms with van der Waals surface area (Å²) in [7, 11) is 0. The third-order valence-electron chi connectivity index (χ3n) is 8.63. The van der Waals surface area contributed by atoms with Crippen molar-refractivity contribution in [2.45, 2.75) is 179 Å². The van der Waals surface area contributed by atoms with Gasteiger partial charge in [-0.25, -0.2) is 0 Å². The van der Waals surface area contributed by atoms with Crippen LogP contribution in [0.3, 0.4) is 0 Å². The van der Waals surface area contributed by atoms with Crippen LogP contribution in [0.5, 0.6) is 0 Å². The summed E-state index contributed by atoms with van der Waals surface area (Å²) in [5.41, 5.74) is 0. The third-order valence-corrected chi connectivity index (χ3v) is 8.63. The van der Waals surface area contributed by atoms with Crippen LogP contribution in [0.25, 0.3) is 0 Å². The summed E-state index contributed by atoms with van der Waals surface area (Å²) in [6.45, 7) is 3.64. The summed E-state index contributed by atoms with van der Waals surface area (Å²) in [4.78, 5) is 12.8. The van der Waals surface area contributed by atoms with Gasteiger partial charge in [0, 0.05) is 6.42 Å². The molecule has 9 heteroatoms. The highest BCUT2D eigenvalue weighted by molar-refractivity contribution is 5.76. The largest absolute Gasteiger partial charge is 0.394 e. The van der Waals surface area contributed by atoms with E-state index in [0.29, 0.717) is 6.42 Å². The fourth-order valence-corrected chi connectivity index (χ4v) is 5.49. The summed E-state index contributed by atoms with van der Waals surface area (Å²) in [6.07, 6.45) is 28.7. The van der Waals surface area contributed by atoms with Gasteiger partial charge in [0.15, 0.2) is 6.29 Å². The molecule has 0 radical (unpaired) electrons. The number of rotatable bonds is 29. The highest BCUT2D eigenvalue weighted by Crippen LogP contribution is 2.22. The van der Waals surface area contributed by atoms with E-state index in [4.69, 9.17) is 9.47 Å². The number of carbonyl (C=O) groups excluding carboxylic acids is 1. The lowest BCUT2D eigenvalue weighted by Gasteiger charge is -2.40. The fourth-order valence-electron chi connectivity index (χ4n) is 5.49. The van der Waals surface area contributed by atoms with Crippen molar-refractivity contribution in [2.75, 3.05) is 13.2 Å². The molecule has 0 aromatic carbocycles. The zero-order valence-electron chi connectivity index (χ0n) is 30.0. The molecule has 7 atom stereocenters. The Kier molecular flexibility index (Phi) is 27.6. The predicted molar refractivity (Wildman–Crippen MR) is 193 cm³/mol. The van der Waals surface area contributed by atoms with Gasteiger partial charge in [-0.15, -0.1) is 0 Å². The molecule has 6 N–H and O–H groups in total. The normalized spacial score (nSPS) is 23.2. The van der Waals surface area contributed by atoms with Crippen LogP contribution in [-0.4, -0.2) is 87.5 Å². The molecule has 1 rings (SSSR count). The molecular formula is C39H69NO8. The molecule has 0 bridgehead atoms. The molecule has 0 aliphatic carbocycles. The van der Waals surface area contributed by atoms with Crippen LogP contribution in [0.4, 0.5) is 0 Å². The lowest BCUT2D eigenvalue weighted by atomic mass is 9.99. The SMILES string of the molecule is CCCCC/C=C\C/C=C\CCCCCCCC(=O)NC(COC1OC(CO)C(O)C(O)C1O)C(O)/C=C/CC/C=C/CCCCCC. The van der Waals surface area contributed by atoms with Gasteiger partial charge in [0.2, 0.25) is 5.91 Å². The first-order valence-electron chi connectivity index (χ1n) is 18.9. The number of carbonyl (C=O) groups is 1. The van der Waals surface area contributed by atoms with Crippen molar-refractivity contribution in [1.29, 1.82) is 0 Å². The van der Waals surface area contributed by atoms with Crippen LogP contribution in [0, 0.1) is 0 Å². The van der Waals surface area contributed by atoms with E-state index in [0.717, 1.165) is 64.2 Å². The average molecular weight is 680 g/mol. The summed E-state index contributed by atoms with van der Waals surface area (Å²) in [5.74, 6) is -0.207. The van der Waals surface area contributed by atoms with E-state index in [1.807, 2.05) is 6.08 Å². The number of hydrogen-bond donors (Lipinski definition) is 6. The van der Waals surface area contributed by atoms with E-state index >= 15 is 0 Å². The summed E-state index contributed by atoms with van der Waals surface area (Å²) in [6, 6.07) is -0.826. The minimum atomic E-state index is -1.57. The molecule has 0 saturated carbocycles. The van der Waals surface area contributed by atoms with Crippen molar-refractivity contribution >= 4 is 5.91 Å². The van der Waals surface area contributed by atoms with E-state index in [-0.39, 0.29) is 12.5 Å². The number of amides is 1. The maximum Gasteiger partial charge on any atom is 0.220 e. The average Bonchev–Trinajstić information content (AvgIpc) is 3.08. The Bertz CT molecular complexity index is 889. The molecule has 7 unspecified atom stereocenters. The van der Waals surface area contributed by atoms with Crippen molar-refractivity contribution in [2.24, 2.45) is 0 Å².